The second-order valence-corrected chi connectivity index (χ2v) is 13.8. The fraction of sp³-hybridized carbons (Fsp3) is 0.257. The molecule has 264 valence electrons. The molecule has 13 nitrogen and oxygen atoms in total. The van der Waals surface area contributed by atoms with Gasteiger partial charge in [-0.15, -0.1) is 0 Å². The highest BCUT2D eigenvalue weighted by molar-refractivity contribution is 7.50. The summed E-state index contributed by atoms with van der Waals surface area (Å²) >= 11 is 1.55. The standard InChI is InChI=1S/C35H38N3O10PS/c1-23(2)30(31(39)36-29(33(40)41)19-24-13-15-27(16-14-24)28-17-18-50-22-28)38-49(44,45)48-32(34(42)46-20-25-9-5-3-6-10-25)37-35(43)47-21-26-11-7-4-8-12-26/h3-18,22-23,29-30,32H,19-21H2,1-2H3,(H,36,39)(H,37,43)(H,40,41)(H2,38,44,45)/t29-,30-,32?/m0/s1. The number of esters is 1. The van der Waals surface area contributed by atoms with Crippen LogP contribution < -0.4 is 15.7 Å². The molecule has 0 fully saturated rings. The first-order valence-electron chi connectivity index (χ1n) is 15.5. The molecule has 2 amide bonds. The largest absolute Gasteiger partial charge is 0.480 e. The fourth-order valence-corrected chi connectivity index (χ4v) is 6.54. The van der Waals surface area contributed by atoms with Crippen molar-refractivity contribution in [3.8, 4) is 11.1 Å². The summed E-state index contributed by atoms with van der Waals surface area (Å²) in [6, 6.07) is 23.6. The number of alkyl carbamates (subject to hydrolysis) is 1. The summed E-state index contributed by atoms with van der Waals surface area (Å²) in [5.74, 6) is -4.10. The van der Waals surface area contributed by atoms with Gasteiger partial charge in [-0.1, -0.05) is 98.8 Å². The SMILES string of the molecule is CC(C)[C@H](NP(=O)(O)OC(NC(=O)OCc1ccccc1)C(=O)OCc1ccccc1)C(=O)N[C@@H](Cc1ccc(-c2ccsc2)cc1)C(=O)O. The summed E-state index contributed by atoms with van der Waals surface area (Å²) in [6.45, 7) is 2.70. The number of aliphatic carboxylic acids is 1. The van der Waals surface area contributed by atoms with Gasteiger partial charge in [0, 0.05) is 6.42 Å². The lowest BCUT2D eigenvalue weighted by molar-refractivity contribution is -0.155. The molecule has 0 aliphatic carbocycles. The van der Waals surface area contributed by atoms with Crippen molar-refractivity contribution in [2.75, 3.05) is 0 Å². The van der Waals surface area contributed by atoms with Crippen LogP contribution in [0.5, 0.6) is 0 Å². The maximum absolute atomic E-state index is 13.3. The van der Waals surface area contributed by atoms with E-state index in [-0.39, 0.29) is 19.6 Å². The van der Waals surface area contributed by atoms with Gasteiger partial charge in [0.15, 0.2) is 0 Å². The Labute approximate surface area is 293 Å². The molecule has 0 saturated carbocycles. The Morgan fingerprint density at radius 3 is 1.92 bits per heavy atom. The van der Waals surface area contributed by atoms with Crippen LogP contribution in [0.25, 0.3) is 11.1 Å². The molecular weight excluding hydrogens is 685 g/mol. The molecule has 1 aromatic heterocycles. The Bertz CT molecular complexity index is 1760. The number of hydrogen-bond donors (Lipinski definition) is 5. The fourth-order valence-electron chi connectivity index (χ4n) is 4.62. The number of hydrogen-bond acceptors (Lipinski definition) is 9. The third-order valence-electron chi connectivity index (χ3n) is 7.26. The maximum Gasteiger partial charge on any atom is 0.409 e. The summed E-state index contributed by atoms with van der Waals surface area (Å²) in [4.78, 5) is 61.9. The maximum atomic E-state index is 13.3. The average molecular weight is 724 g/mol. The first-order valence-corrected chi connectivity index (χ1v) is 18.0. The van der Waals surface area contributed by atoms with Crippen molar-refractivity contribution in [1.82, 2.24) is 15.7 Å². The van der Waals surface area contributed by atoms with E-state index in [9.17, 15) is 33.7 Å². The summed E-state index contributed by atoms with van der Waals surface area (Å²) < 4.78 is 28.9. The van der Waals surface area contributed by atoms with Gasteiger partial charge in [0.05, 0.1) is 6.04 Å². The Morgan fingerprint density at radius 1 is 0.780 bits per heavy atom. The minimum Gasteiger partial charge on any atom is -0.480 e. The summed E-state index contributed by atoms with van der Waals surface area (Å²) in [6.07, 6.45) is -3.35. The molecule has 0 radical (unpaired) electrons. The zero-order valence-corrected chi connectivity index (χ0v) is 29.0. The lowest BCUT2D eigenvalue weighted by Gasteiger charge is -2.27. The second-order valence-electron chi connectivity index (χ2n) is 11.5. The van der Waals surface area contributed by atoms with Crippen LogP contribution in [0.2, 0.25) is 0 Å². The average Bonchev–Trinajstić information content (AvgIpc) is 3.64. The molecule has 0 saturated heterocycles. The molecule has 15 heteroatoms. The zero-order chi connectivity index (χ0) is 36.1. The van der Waals surface area contributed by atoms with Gasteiger partial charge in [0.1, 0.15) is 19.3 Å². The molecule has 4 atom stereocenters. The Balaban J connectivity index is 1.43. The van der Waals surface area contributed by atoms with Gasteiger partial charge in [-0.2, -0.15) is 11.3 Å². The summed E-state index contributed by atoms with van der Waals surface area (Å²) in [5.41, 5.74) is 3.86. The van der Waals surface area contributed by atoms with Crippen molar-refractivity contribution in [1.29, 1.82) is 0 Å². The molecule has 3 aromatic carbocycles. The summed E-state index contributed by atoms with van der Waals surface area (Å²) in [7, 11) is -5.09. The highest BCUT2D eigenvalue weighted by Crippen LogP contribution is 2.40. The van der Waals surface area contributed by atoms with E-state index < -0.39 is 55.9 Å². The van der Waals surface area contributed by atoms with Crippen LogP contribution in [0.1, 0.15) is 30.5 Å². The van der Waals surface area contributed by atoms with Crippen molar-refractivity contribution in [2.24, 2.45) is 5.92 Å². The highest BCUT2D eigenvalue weighted by atomic mass is 32.1. The lowest BCUT2D eigenvalue weighted by atomic mass is 10.0. The number of carboxylic acids is 1. The van der Waals surface area contributed by atoms with Gasteiger partial charge < -0.3 is 24.8 Å². The predicted octanol–water partition coefficient (Wildman–Crippen LogP) is 5.25. The van der Waals surface area contributed by atoms with Gasteiger partial charge in [-0.05, 0) is 50.6 Å². The number of thiophene rings is 1. The van der Waals surface area contributed by atoms with Crippen LogP contribution in [0, 0.1) is 5.92 Å². The first kappa shape index (κ1) is 38.0. The van der Waals surface area contributed by atoms with E-state index in [1.165, 1.54) is 0 Å². The van der Waals surface area contributed by atoms with Crippen LogP contribution in [0.15, 0.2) is 102 Å². The van der Waals surface area contributed by atoms with Crippen molar-refractivity contribution >= 4 is 43.0 Å². The molecule has 4 rings (SSSR count). The first-order chi connectivity index (χ1) is 23.9. The molecule has 5 N–H and O–H groups in total. The minimum absolute atomic E-state index is 0.0621. The highest BCUT2D eigenvalue weighted by Gasteiger charge is 2.38. The van der Waals surface area contributed by atoms with Crippen LogP contribution in [-0.2, 0) is 52.6 Å². The van der Waals surface area contributed by atoms with E-state index in [0.717, 1.165) is 11.1 Å². The second kappa shape index (κ2) is 18.2. The van der Waals surface area contributed by atoms with Crippen molar-refractivity contribution < 1.29 is 47.7 Å². The zero-order valence-electron chi connectivity index (χ0n) is 27.3. The third-order valence-corrected chi connectivity index (χ3v) is 9.05. The normalized spacial score (nSPS) is 14.1. The number of carbonyl (C=O) groups excluding carboxylic acids is 3. The van der Waals surface area contributed by atoms with Gasteiger partial charge in [0.2, 0.25) is 12.1 Å². The number of carbonyl (C=O) groups is 4. The third kappa shape index (κ3) is 11.9. The quantitative estimate of drug-likeness (QED) is 0.0543. The number of carboxylic acid groups (broad SMARTS) is 1. The molecule has 0 aliphatic rings. The minimum atomic E-state index is -5.09. The van der Waals surface area contributed by atoms with Gasteiger partial charge >= 0.3 is 25.8 Å². The number of amides is 2. The van der Waals surface area contributed by atoms with E-state index in [1.807, 2.05) is 29.0 Å². The Kier molecular flexibility index (Phi) is 13.8. The lowest BCUT2D eigenvalue weighted by Crippen LogP contribution is -2.52. The van der Waals surface area contributed by atoms with E-state index in [2.05, 4.69) is 15.7 Å². The number of nitrogens with one attached hydrogen (secondary N) is 3. The van der Waals surface area contributed by atoms with E-state index in [4.69, 9.17) is 14.0 Å². The van der Waals surface area contributed by atoms with Gasteiger partial charge in [-0.3, -0.25) is 14.6 Å². The van der Waals surface area contributed by atoms with Crippen molar-refractivity contribution in [3.05, 3.63) is 118 Å². The number of ether oxygens (including phenoxy) is 2. The summed E-state index contributed by atoms with van der Waals surface area (Å²) in [5, 5.41) is 20.5. The van der Waals surface area contributed by atoms with Gasteiger partial charge in [-0.25, -0.2) is 24.0 Å². The van der Waals surface area contributed by atoms with Crippen LogP contribution >= 0.6 is 19.1 Å². The number of rotatable bonds is 17. The molecule has 0 aliphatic heterocycles. The molecular formula is C35H38N3O10PS. The Hall–Kier alpha value is -4.85. The molecule has 0 spiro atoms. The van der Waals surface area contributed by atoms with E-state index >= 15 is 0 Å². The van der Waals surface area contributed by atoms with E-state index in [0.29, 0.717) is 16.7 Å². The van der Waals surface area contributed by atoms with Crippen molar-refractivity contribution in [3.63, 3.8) is 0 Å². The van der Waals surface area contributed by atoms with Gasteiger partial charge in [0.25, 0.3) is 0 Å². The van der Waals surface area contributed by atoms with Crippen molar-refractivity contribution in [2.45, 2.75) is 51.8 Å². The monoisotopic (exact) mass is 723 g/mol. The van der Waals surface area contributed by atoms with Crippen LogP contribution in [0.3, 0.4) is 0 Å². The predicted molar refractivity (Wildman–Crippen MR) is 185 cm³/mol. The van der Waals surface area contributed by atoms with E-state index in [1.54, 1.807) is 98.0 Å². The molecule has 2 unspecified atom stereocenters. The number of benzene rings is 3. The molecule has 4 aromatic rings. The van der Waals surface area contributed by atoms with Crippen LogP contribution in [0.4, 0.5) is 4.79 Å². The smallest absolute Gasteiger partial charge is 0.409 e. The molecule has 50 heavy (non-hydrogen) atoms. The Morgan fingerprint density at radius 2 is 1.38 bits per heavy atom. The molecule has 1 heterocycles. The van der Waals surface area contributed by atoms with Crippen LogP contribution in [-0.4, -0.2) is 52.3 Å². The molecule has 0 bridgehead atoms. The topological polar surface area (TPSA) is 190 Å².